The molecule has 0 spiro atoms. The van der Waals surface area contributed by atoms with E-state index in [1.165, 1.54) is 24.6 Å². The maximum atomic E-state index is 12.7. The molecule has 0 bridgehead atoms. The van der Waals surface area contributed by atoms with Crippen LogP contribution in [0.3, 0.4) is 0 Å². The largest absolute Gasteiger partial charge is 0.381 e. The summed E-state index contributed by atoms with van der Waals surface area (Å²) in [5.41, 5.74) is 2.95. The second-order valence-corrected chi connectivity index (χ2v) is 6.60. The van der Waals surface area contributed by atoms with Gasteiger partial charge in [-0.2, -0.15) is 0 Å². The van der Waals surface area contributed by atoms with Gasteiger partial charge in [0.15, 0.2) is 0 Å². The number of thiol groups is 1. The van der Waals surface area contributed by atoms with E-state index in [4.69, 9.17) is 0 Å². The van der Waals surface area contributed by atoms with E-state index in [-0.39, 0.29) is 5.69 Å². The predicted octanol–water partition coefficient (Wildman–Crippen LogP) is 6.41. The molecule has 29 heavy (non-hydrogen) atoms. The zero-order valence-corrected chi connectivity index (χ0v) is 18.7. The predicted molar refractivity (Wildman–Crippen MR) is 126 cm³/mol. The van der Waals surface area contributed by atoms with Crippen LogP contribution in [0.5, 0.6) is 0 Å². The number of hydrogen-bond acceptors (Lipinski definition) is 4. The number of aryl methyl sites for hydroxylation is 1. The van der Waals surface area contributed by atoms with Crippen LogP contribution in [0.4, 0.5) is 20.2 Å². The Morgan fingerprint density at radius 3 is 2.17 bits per heavy atom. The first-order chi connectivity index (χ1) is 13.8. The fourth-order valence-corrected chi connectivity index (χ4v) is 2.37. The Morgan fingerprint density at radius 2 is 1.76 bits per heavy atom. The number of rotatable bonds is 7. The summed E-state index contributed by atoms with van der Waals surface area (Å²) < 4.78 is 25.5. The summed E-state index contributed by atoms with van der Waals surface area (Å²) in [7, 11) is 1.96. The second-order valence-electron chi connectivity index (χ2n) is 6.08. The number of hydrogen-bond donors (Lipinski definition) is 4. The van der Waals surface area contributed by atoms with Crippen molar-refractivity contribution in [2.24, 2.45) is 0 Å². The van der Waals surface area contributed by atoms with Crippen molar-refractivity contribution < 1.29 is 8.78 Å². The van der Waals surface area contributed by atoms with Crippen LogP contribution in [0, 0.1) is 18.6 Å². The van der Waals surface area contributed by atoms with Gasteiger partial charge in [-0.05, 0) is 75.8 Å². The molecule has 0 saturated carbocycles. The van der Waals surface area contributed by atoms with Crippen LogP contribution in [0.25, 0.3) is 0 Å². The molecular formula is C23H33F2N3S. The molecule has 2 aromatic carbocycles. The van der Waals surface area contributed by atoms with Crippen molar-refractivity contribution in [3.8, 4) is 0 Å². The van der Waals surface area contributed by atoms with Crippen molar-refractivity contribution in [1.29, 1.82) is 0 Å². The van der Waals surface area contributed by atoms with Gasteiger partial charge in [0.05, 0.1) is 0 Å². The van der Waals surface area contributed by atoms with Crippen LogP contribution in [0.2, 0.25) is 0 Å². The number of halogens is 2. The van der Waals surface area contributed by atoms with Gasteiger partial charge < -0.3 is 16.0 Å². The van der Waals surface area contributed by atoms with Crippen molar-refractivity contribution in [2.45, 2.75) is 32.1 Å². The fraction of sp³-hybridized carbons (Fsp3) is 0.304. The number of para-hydroxylation sites is 1. The highest BCUT2D eigenvalue weighted by Gasteiger charge is 2.05. The van der Waals surface area contributed by atoms with Gasteiger partial charge in [-0.1, -0.05) is 26.1 Å². The Balaban J connectivity index is 0.000000445. The molecule has 0 aromatic heterocycles. The third kappa shape index (κ3) is 11.3. The van der Waals surface area contributed by atoms with E-state index in [0.717, 1.165) is 28.4 Å². The lowest BCUT2D eigenvalue weighted by molar-refractivity contribution is 0.588. The smallest absolute Gasteiger partial charge is 0.149 e. The van der Waals surface area contributed by atoms with E-state index in [1.54, 1.807) is 13.0 Å². The summed E-state index contributed by atoms with van der Waals surface area (Å²) in [4.78, 5) is 0.965. The van der Waals surface area contributed by atoms with E-state index < -0.39 is 11.6 Å². The van der Waals surface area contributed by atoms with Gasteiger partial charge in [-0.3, -0.25) is 0 Å². The summed E-state index contributed by atoms with van der Waals surface area (Å²) in [5, 5.41) is 8.75. The van der Waals surface area contributed by atoms with E-state index in [9.17, 15) is 8.78 Å². The van der Waals surface area contributed by atoms with Crippen LogP contribution < -0.4 is 16.0 Å². The lowest BCUT2D eigenvalue weighted by Gasteiger charge is -2.09. The quantitative estimate of drug-likeness (QED) is 0.308. The molecule has 0 unspecified atom stereocenters. The first-order valence-corrected chi connectivity index (χ1v) is 9.95. The Labute approximate surface area is 179 Å². The zero-order valence-electron chi connectivity index (χ0n) is 17.8. The van der Waals surface area contributed by atoms with Crippen molar-refractivity contribution in [2.75, 3.05) is 30.8 Å². The Morgan fingerprint density at radius 1 is 1.14 bits per heavy atom. The minimum absolute atomic E-state index is 0.0463. The first-order valence-electron chi connectivity index (χ1n) is 9.51. The number of nitrogens with one attached hydrogen (secondary N) is 3. The molecule has 2 rings (SSSR count). The SMILES string of the molecule is C=CC(=C)Nc1ccc(S)cc1C.CCCNC.CCNc1c(F)cccc1F. The average Bonchev–Trinajstić information content (AvgIpc) is 2.68. The van der Waals surface area contributed by atoms with Gasteiger partial charge in [-0.25, -0.2) is 8.78 Å². The molecule has 0 heterocycles. The van der Waals surface area contributed by atoms with Gasteiger partial charge >= 0.3 is 0 Å². The van der Waals surface area contributed by atoms with E-state index in [1.807, 2.05) is 32.2 Å². The highest BCUT2D eigenvalue weighted by molar-refractivity contribution is 7.80. The van der Waals surface area contributed by atoms with Crippen LogP contribution in [0.1, 0.15) is 25.8 Å². The summed E-state index contributed by atoms with van der Waals surface area (Å²) in [6.07, 6.45) is 2.92. The third-order valence-corrected chi connectivity index (χ3v) is 3.85. The first kappa shape index (κ1) is 26.7. The van der Waals surface area contributed by atoms with E-state index in [2.05, 4.69) is 48.7 Å². The van der Waals surface area contributed by atoms with Crippen LogP contribution in [-0.2, 0) is 0 Å². The standard InChI is InChI=1S/C11H13NS.C8H9F2N.C4H11N/c1-4-9(3)12-11-6-5-10(13)7-8(11)2;1-2-11-8-6(9)4-3-5-7(8)10;1-3-4-5-2/h4-7,12-13H,1,3H2,2H3;3-5,11H,2H2,1H3;5H,3-4H2,1-2H3. The van der Waals surface area contributed by atoms with Gasteiger partial charge in [0.25, 0.3) is 0 Å². The van der Waals surface area contributed by atoms with E-state index in [0.29, 0.717) is 6.54 Å². The van der Waals surface area contributed by atoms with E-state index >= 15 is 0 Å². The number of anilines is 2. The maximum absolute atomic E-state index is 12.7. The molecule has 3 N–H and O–H groups in total. The van der Waals surface area contributed by atoms with Gasteiger partial charge in [0.2, 0.25) is 0 Å². The fourth-order valence-electron chi connectivity index (χ4n) is 2.11. The van der Waals surface area contributed by atoms with Crippen molar-refractivity contribution in [1.82, 2.24) is 5.32 Å². The normalized spacial score (nSPS) is 9.34. The molecule has 0 saturated heterocycles. The van der Waals surface area contributed by atoms with Crippen LogP contribution >= 0.6 is 12.6 Å². The summed E-state index contributed by atoms with van der Waals surface area (Å²) in [6.45, 7) is 15.0. The number of benzene rings is 2. The molecule has 2 aromatic rings. The van der Waals surface area contributed by atoms with Crippen molar-refractivity contribution in [3.05, 3.63) is 78.5 Å². The monoisotopic (exact) mass is 421 g/mol. The van der Waals surface area contributed by atoms with Crippen molar-refractivity contribution >= 4 is 24.0 Å². The molecule has 0 atom stereocenters. The Bertz CT molecular complexity index is 742. The molecule has 6 heteroatoms. The molecule has 3 nitrogen and oxygen atoms in total. The summed E-state index contributed by atoms with van der Waals surface area (Å²) >= 11 is 4.24. The summed E-state index contributed by atoms with van der Waals surface area (Å²) in [5.74, 6) is -1.10. The topological polar surface area (TPSA) is 36.1 Å². The zero-order chi connectivity index (χ0) is 22.2. The number of allylic oxidation sites excluding steroid dienone is 1. The minimum atomic E-state index is -0.549. The highest BCUT2D eigenvalue weighted by Crippen LogP contribution is 2.19. The molecule has 0 amide bonds. The average molecular weight is 422 g/mol. The molecule has 0 aliphatic heterocycles. The molecule has 0 radical (unpaired) electrons. The molecule has 0 aliphatic rings. The van der Waals surface area contributed by atoms with Crippen molar-refractivity contribution in [3.63, 3.8) is 0 Å². The second kappa shape index (κ2) is 15.6. The Kier molecular flexibility index (Phi) is 14.4. The maximum Gasteiger partial charge on any atom is 0.149 e. The Hall–Kier alpha value is -2.31. The molecule has 0 aliphatic carbocycles. The molecular weight excluding hydrogens is 388 g/mol. The molecule has 160 valence electrons. The van der Waals surface area contributed by atoms with Crippen LogP contribution in [0.15, 0.2) is 66.2 Å². The van der Waals surface area contributed by atoms with Gasteiger partial charge in [0, 0.05) is 22.8 Å². The third-order valence-electron chi connectivity index (χ3n) is 3.57. The minimum Gasteiger partial charge on any atom is -0.381 e. The lowest BCUT2D eigenvalue weighted by atomic mass is 10.2. The molecule has 0 fully saturated rings. The lowest BCUT2D eigenvalue weighted by Crippen LogP contribution is -2.04. The summed E-state index contributed by atoms with van der Waals surface area (Å²) in [6, 6.07) is 9.70. The highest BCUT2D eigenvalue weighted by atomic mass is 32.1. The van der Waals surface area contributed by atoms with Crippen LogP contribution in [-0.4, -0.2) is 20.1 Å². The van der Waals surface area contributed by atoms with Gasteiger partial charge in [0.1, 0.15) is 17.3 Å². The van der Waals surface area contributed by atoms with Gasteiger partial charge in [-0.15, -0.1) is 12.6 Å².